The van der Waals surface area contributed by atoms with Crippen LogP contribution in [0.5, 0.6) is 0 Å². The van der Waals surface area contributed by atoms with E-state index in [2.05, 4.69) is 10.6 Å². The molecule has 0 atom stereocenters. The van der Waals surface area contributed by atoms with Crippen molar-refractivity contribution in [3.63, 3.8) is 0 Å². The maximum absolute atomic E-state index is 13.6. The van der Waals surface area contributed by atoms with E-state index in [1.807, 2.05) is 6.07 Å². The summed E-state index contributed by atoms with van der Waals surface area (Å²) in [6.45, 7) is 0.196. The minimum Gasteiger partial charge on any atom is -0.396 e. The van der Waals surface area contributed by atoms with Crippen molar-refractivity contribution >= 4 is 27.9 Å². The first kappa shape index (κ1) is 14.8. The van der Waals surface area contributed by atoms with Crippen molar-refractivity contribution in [3.8, 4) is 6.07 Å². The first-order valence-corrected chi connectivity index (χ1v) is 6.91. The van der Waals surface area contributed by atoms with Crippen LogP contribution < -0.4 is 16.4 Å². The van der Waals surface area contributed by atoms with Gasteiger partial charge in [-0.15, -0.1) is 11.3 Å². The van der Waals surface area contributed by atoms with Crippen LogP contribution in [0.2, 0.25) is 0 Å². The minimum absolute atomic E-state index is 0.137. The third-order valence-electron chi connectivity index (χ3n) is 2.90. The Kier molecular flexibility index (Phi) is 4.40. The molecule has 1 amide bonds. The van der Waals surface area contributed by atoms with Gasteiger partial charge in [-0.05, 0) is 6.07 Å². The zero-order chi connectivity index (χ0) is 15.4. The van der Waals surface area contributed by atoms with Gasteiger partial charge in [-0.1, -0.05) is 18.2 Å². The second-order valence-corrected chi connectivity index (χ2v) is 5.21. The number of nitrogens with two attached hydrogens (primary N) is 1. The van der Waals surface area contributed by atoms with Gasteiger partial charge in [-0.25, -0.2) is 4.39 Å². The largest absolute Gasteiger partial charge is 0.396 e. The van der Waals surface area contributed by atoms with Crippen LogP contribution in [0.4, 0.5) is 15.1 Å². The molecule has 0 spiro atoms. The summed E-state index contributed by atoms with van der Waals surface area (Å²) >= 11 is 1.07. The Balaban J connectivity index is 2.30. The average molecular weight is 304 g/mol. The predicted octanol–water partition coefficient (Wildman–Crippen LogP) is 2.31. The number of nitrogens with zero attached hydrogens (tertiary/aromatic N) is 1. The van der Waals surface area contributed by atoms with E-state index < -0.39 is 0 Å². The van der Waals surface area contributed by atoms with Gasteiger partial charge >= 0.3 is 0 Å². The number of nitriles is 1. The smallest absolute Gasteiger partial charge is 0.256 e. The summed E-state index contributed by atoms with van der Waals surface area (Å²) in [5.41, 5.74) is 6.62. The molecular formula is C14H13FN4OS. The molecule has 1 heterocycles. The lowest BCUT2D eigenvalue weighted by Gasteiger charge is -2.08. The van der Waals surface area contributed by atoms with Gasteiger partial charge in [-0.3, -0.25) is 4.79 Å². The molecule has 0 saturated carbocycles. The fraction of sp³-hybridized carbons (Fsp3) is 0.143. The third kappa shape index (κ3) is 2.95. The molecule has 0 unspecified atom stereocenters. The lowest BCUT2D eigenvalue weighted by Crippen LogP contribution is -2.20. The Morgan fingerprint density at radius 3 is 2.81 bits per heavy atom. The van der Waals surface area contributed by atoms with Crippen LogP contribution in [-0.4, -0.2) is 13.0 Å². The number of carbonyl (C=O) groups is 1. The number of hydrogen-bond acceptors (Lipinski definition) is 5. The quantitative estimate of drug-likeness (QED) is 0.808. The highest BCUT2D eigenvalue weighted by atomic mass is 32.1. The van der Waals surface area contributed by atoms with Crippen LogP contribution in [0.1, 0.15) is 20.8 Å². The average Bonchev–Trinajstić information content (AvgIpc) is 2.81. The highest BCUT2D eigenvalue weighted by Gasteiger charge is 2.21. The second-order valence-electron chi connectivity index (χ2n) is 4.18. The molecule has 0 radical (unpaired) electrons. The fourth-order valence-electron chi connectivity index (χ4n) is 1.82. The van der Waals surface area contributed by atoms with Crippen LogP contribution in [-0.2, 0) is 6.54 Å². The molecule has 5 nitrogen and oxygen atoms in total. The molecule has 0 aliphatic rings. The first-order valence-electron chi connectivity index (χ1n) is 6.10. The van der Waals surface area contributed by atoms with Crippen molar-refractivity contribution in [2.75, 3.05) is 18.1 Å². The Labute approximate surface area is 125 Å². The van der Waals surface area contributed by atoms with E-state index >= 15 is 0 Å². The van der Waals surface area contributed by atoms with Crippen LogP contribution in [0, 0.1) is 17.1 Å². The number of carbonyl (C=O) groups excluding carboxylic acids is 1. The van der Waals surface area contributed by atoms with Gasteiger partial charge in [0, 0.05) is 19.2 Å². The molecule has 108 valence electrons. The molecule has 7 heteroatoms. The molecule has 21 heavy (non-hydrogen) atoms. The van der Waals surface area contributed by atoms with E-state index in [4.69, 9.17) is 11.0 Å². The number of halogens is 1. The van der Waals surface area contributed by atoms with Crippen LogP contribution in [0.3, 0.4) is 0 Å². The van der Waals surface area contributed by atoms with Gasteiger partial charge in [0.2, 0.25) is 0 Å². The van der Waals surface area contributed by atoms with Crippen molar-refractivity contribution in [2.24, 2.45) is 0 Å². The first-order chi connectivity index (χ1) is 10.1. The summed E-state index contributed by atoms with van der Waals surface area (Å²) in [5, 5.41) is 14.9. The zero-order valence-electron chi connectivity index (χ0n) is 11.2. The summed E-state index contributed by atoms with van der Waals surface area (Å²) in [7, 11) is 1.48. The van der Waals surface area contributed by atoms with Gasteiger partial charge in [0.05, 0.1) is 11.3 Å². The molecule has 0 aliphatic carbocycles. The number of nitrogens with one attached hydrogen (secondary N) is 2. The molecule has 0 saturated heterocycles. The molecule has 1 aromatic carbocycles. The highest BCUT2D eigenvalue weighted by Crippen LogP contribution is 2.35. The standard InChI is InChI=1S/C14H13FN4OS/c1-18-13(20)11-12(17)10(6-16)21-14(11)19-7-8-4-2-3-5-9(8)15/h2-5,19H,7,17H2,1H3,(H,18,20). The predicted molar refractivity (Wildman–Crippen MR) is 80.6 cm³/mol. The normalized spacial score (nSPS) is 9.95. The fourth-order valence-corrected chi connectivity index (χ4v) is 2.73. The van der Waals surface area contributed by atoms with Crippen molar-refractivity contribution in [2.45, 2.75) is 6.54 Å². The van der Waals surface area contributed by atoms with Gasteiger partial charge in [0.25, 0.3) is 5.91 Å². The Bertz CT molecular complexity index is 720. The third-order valence-corrected chi connectivity index (χ3v) is 3.97. The summed E-state index contributed by atoms with van der Waals surface area (Å²) in [4.78, 5) is 12.1. The van der Waals surface area contributed by atoms with E-state index in [0.717, 1.165) is 11.3 Å². The second kappa shape index (κ2) is 6.24. The maximum atomic E-state index is 13.6. The summed E-state index contributed by atoms with van der Waals surface area (Å²) in [6.07, 6.45) is 0. The SMILES string of the molecule is CNC(=O)c1c(NCc2ccccc2F)sc(C#N)c1N. The van der Waals surface area contributed by atoms with E-state index in [1.165, 1.54) is 13.1 Å². The Morgan fingerprint density at radius 1 is 1.48 bits per heavy atom. The van der Waals surface area contributed by atoms with Gasteiger partial charge in [0.1, 0.15) is 21.8 Å². The lowest BCUT2D eigenvalue weighted by molar-refractivity contribution is 0.0965. The molecular weight excluding hydrogens is 291 g/mol. The van der Waals surface area contributed by atoms with E-state index in [1.54, 1.807) is 18.2 Å². The van der Waals surface area contributed by atoms with Gasteiger partial charge < -0.3 is 16.4 Å². The minimum atomic E-state index is -0.388. The molecule has 0 aliphatic heterocycles. The van der Waals surface area contributed by atoms with Crippen LogP contribution >= 0.6 is 11.3 Å². The van der Waals surface area contributed by atoms with Gasteiger partial charge in [-0.2, -0.15) is 5.26 Å². The number of benzene rings is 1. The summed E-state index contributed by atoms with van der Waals surface area (Å²) in [5.74, 6) is -0.724. The molecule has 2 aromatic rings. The summed E-state index contributed by atoms with van der Waals surface area (Å²) in [6, 6.07) is 8.28. The molecule has 0 fully saturated rings. The molecule has 1 aromatic heterocycles. The van der Waals surface area contributed by atoms with Crippen molar-refractivity contribution in [1.29, 1.82) is 5.26 Å². The van der Waals surface area contributed by atoms with Crippen molar-refractivity contribution in [3.05, 3.63) is 46.1 Å². The Morgan fingerprint density at radius 2 is 2.19 bits per heavy atom. The monoisotopic (exact) mass is 304 g/mol. The number of hydrogen-bond donors (Lipinski definition) is 3. The Hall–Kier alpha value is -2.59. The van der Waals surface area contributed by atoms with E-state index in [9.17, 15) is 9.18 Å². The van der Waals surface area contributed by atoms with E-state index in [0.29, 0.717) is 10.6 Å². The highest BCUT2D eigenvalue weighted by molar-refractivity contribution is 7.17. The lowest BCUT2D eigenvalue weighted by atomic mass is 10.2. The molecule has 4 N–H and O–H groups in total. The van der Waals surface area contributed by atoms with Crippen molar-refractivity contribution < 1.29 is 9.18 Å². The van der Waals surface area contributed by atoms with Gasteiger partial charge in [0.15, 0.2) is 0 Å². The van der Waals surface area contributed by atoms with Crippen LogP contribution in [0.25, 0.3) is 0 Å². The number of amides is 1. The number of nitrogen functional groups attached to an aromatic ring is 1. The maximum Gasteiger partial charge on any atom is 0.256 e. The van der Waals surface area contributed by atoms with Crippen molar-refractivity contribution in [1.82, 2.24) is 5.32 Å². The van der Waals surface area contributed by atoms with E-state index in [-0.39, 0.29) is 34.4 Å². The molecule has 0 bridgehead atoms. The summed E-state index contributed by atoms with van der Waals surface area (Å²) < 4.78 is 13.6. The number of anilines is 2. The van der Waals surface area contributed by atoms with Crippen LogP contribution in [0.15, 0.2) is 24.3 Å². The molecule has 2 rings (SSSR count). The number of thiophene rings is 1. The zero-order valence-corrected chi connectivity index (χ0v) is 12.1. The number of rotatable bonds is 4. The topological polar surface area (TPSA) is 90.9 Å².